The molecule has 0 aliphatic carbocycles. The molecule has 174 valence electrons. The fourth-order valence-corrected chi connectivity index (χ4v) is 5.03. The molecule has 3 aromatic carbocycles. The van der Waals surface area contributed by atoms with E-state index in [9.17, 15) is 13.2 Å². The summed E-state index contributed by atoms with van der Waals surface area (Å²) in [5.74, 6) is -0.474. The quantitative estimate of drug-likeness (QED) is 0.381. The van der Waals surface area contributed by atoms with E-state index in [-0.39, 0.29) is 44.4 Å². The van der Waals surface area contributed by atoms with E-state index in [1.807, 2.05) is 6.07 Å². The average Bonchev–Trinajstić information content (AvgIpc) is 2.78. The highest BCUT2D eigenvalue weighted by Crippen LogP contribution is 2.30. The van der Waals surface area contributed by atoms with E-state index in [2.05, 4.69) is 10.0 Å². The molecule has 0 saturated carbocycles. The normalized spacial score (nSPS) is 12.2. The summed E-state index contributed by atoms with van der Waals surface area (Å²) in [5, 5.41) is 3.29. The third-order valence-electron chi connectivity index (χ3n) is 4.60. The Labute approximate surface area is 207 Å². The van der Waals surface area contributed by atoms with Crippen LogP contribution in [-0.2, 0) is 21.2 Å². The van der Waals surface area contributed by atoms with Gasteiger partial charge in [0.25, 0.3) is 0 Å². The molecule has 3 rings (SSSR count). The van der Waals surface area contributed by atoms with Crippen molar-refractivity contribution < 1.29 is 17.9 Å². The van der Waals surface area contributed by atoms with Crippen molar-refractivity contribution in [3.05, 3.63) is 87.4 Å². The van der Waals surface area contributed by atoms with Gasteiger partial charge in [0.1, 0.15) is 16.7 Å². The molecule has 3 aromatic rings. The summed E-state index contributed by atoms with van der Waals surface area (Å²) in [7, 11) is -4.19. The molecule has 2 N–H and O–H groups in total. The number of halogens is 3. The SMILES string of the molecule is CCOc1ccc(Cl)cc1S(=O)(=O)NC(Cc1ccccc1)C(=O)Nc1cccc(Cl)c1Cl. The number of carbonyl (C=O) groups excluding carboxylic acids is 1. The smallest absolute Gasteiger partial charge is 0.245 e. The molecule has 0 saturated heterocycles. The van der Waals surface area contributed by atoms with Gasteiger partial charge in [0, 0.05) is 5.02 Å². The number of carbonyl (C=O) groups is 1. The molecule has 0 fully saturated rings. The summed E-state index contributed by atoms with van der Waals surface area (Å²) in [6, 6.07) is 16.9. The maximum atomic E-state index is 13.3. The van der Waals surface area contributed by atoms with Crippen LogP contribution in [0.15, 0.2) is 71.6 Å². The number of nitrogens with one attached hydrogen (secondary N) is 2. The van der Waals surface area contributed by atoms with Crippen molar-refractivity contribution in [2.24, 2.45) is 0 Å². The zero-order valence-electron chi connectivity index (χ0n) is 17.5. The molecule has 1 amide bonds. The van der Waals surface area contributed by atoms with Gasteiger partial charge in [-0.15, -0.1) is 0 Å². The number of rotatable bonds is 9. The van der Waals surface area contributed by atoms with E-state index in [0.717, 1.165) is 5.56 Å². The molecule has 0 bridgehead atoms. The van der Waals surface area contributed by atoms with Crippen molar-refractivity contribution in [2.45, 2.75) is 24.3 Å². The predicted molar refractivity (Wildman–Crippen MR) is 132 cm³/mol. The number of sulfonamides is 1. The molecule has 33 heavy (non-hydrogen) atoms. The van der Waals surface area contributed by atoms with Crippen molar-refractivity contribution in [3.63, 3.8) is 0 Å². The zero-order valence-corrected chi connectivity index (χ0v) is 20.6. The minimum absolute atomic E-state index is 0.0919. The van der Waals surface area contributed by atoms with Gasteiger partial charge in [-0.05, 0) is 49.2 Å². The first-order valence-corrected chi connectivity index (χ1v) is 12.6. The number of hydrogen-bond donors (Lipinski definition) is 2. The molecule has 0 heterocycles. The summed E-state index contributed by atoms with van der Waals surface area (Å²) >= 11 is 18.3. The van der Waals surface area contributed by atoms with Crippen LogP contribution in [0.2, 0.25) is 15.1 Å². The monoisotopic (exact) mass is 526 g/mol. The molecular weight excluding hydrogens is 507 g/mol. The first-order valence-electron chi connectivity index (χ1n) is 9.94. The second kappa shape index (κ2) is 11.2. The van der Waals surface area contributed by atoms with Gasteiger partial charge in [0.05, 0.1) is 22.3 Å². The van der Waals surface area contributed by atoms with Gasteiger partial charge in [0.15, 0.2) is 0 Å². The van der Waals surface area contributed by atoms with Crippen molar-refractivity contribution in [2.75, 3.05) is 11.9 Å². The van der Waals surface area contributed by atoms with Crippen molar-refractivity contribution >= 4 is 56.4 Å². The summed E-state index contributed by atoms with van der Waals surface area (Å²) < 4.78 is 34.5. The van der Waals surface area contributed by atoms with Crippen LogP contribution >= 0.6 is 34.8 Å². The highest BCUT2D eigenvalue weighted by Gasteiger charge is 2.29. The molecule has 0 spiro atoms. The lowest BCUT2D eigenvalue weighted by Crippen LogP contribution is -2.45. The van der Waals surface area contributed by atoms with Gasteiger partial charge in [-0.25, -0.2) is 8.42 Å². The Morgan fingerprint density at radius 2 is 1.73 bits per heavy atom. The summed E-state index contributed by atoms with van der Waals surface area (Å²) in [6.45, 7) is 1.99. The van der Waals surface area contributed by atoms with Gasteiger partial charge in [-0.1, -0.05) is 71.2 Å². The average molecular weight is 528 g/mol. The Kier molecular flexibility index (Phi) is 8.62. The van der Waals surface area contributed by atoms with Crippen molar-refractivity contribution in [1.29, 1.82) is 0 Å². The van der Waals surface area contributed by atoms with E-state index >= 15 is 0 Å². The largest absolute Gasteiger partial charge is 0.492 e. The lowest BCUT2D eigenvalue weighted by molar-refractivity contribution is -0.117. The van der Waals surface area contributed by atoms with Gasteiger partial charge >= 0.3 is 0 Å². The molecular formula is C23H21Cl3N2O4S. The van der Waals surface area contributed by atoms with E-state index in [4.69, 9.17) is 39.5 Å². The number of amides is 1. The summed E-state index contributed by atoms with van der Waals surface area (Å²) in [4.78, 5) is 13.0. The highest BCUT2D eigenvalue weighted by molar-refractivity contribution is 7.89. The maximum absolute atomic E-state index is 13.3. The van der Waals surface area contributed by atoms with E-state index in [1.165, 1.54) is 18.2 Å². The molecule has 1 unspecified atom stereocenters. The minimum Gasteiger partial charge on any atom is -0.492 e. The molecule has 0 radical (unpaired) electrons. The number of anilines is 1. The van der Waals surface area contributed by atoms with E-state index in [1.54, 1.807) is 49.4 Å². The fraction of sp³-hybridized carbons (Fsp3) is 0.174. The molecule has 0 aromatic heterocycles. The van der Waals surface area contributed by atoms with Crippen LogP contribution in [0, 0.1) is 0 Å². The van der Waals surface area contributed by atoms with Crippen molar-refractivity contribution in [3.8, 4) is 5.75 Å². The summed E-state index contributed by atoms with van der Waals surface area (Å²) in [6.07, 6.45) is 0.0919. The molecule has 10 heteroatoms. The van der Waals surface area contributed by atoms with Crippen LogP contribution in [0.1, 0.15) is 12.5 Å². The number of hydrogen-bond acceptors (Lipinski definition) is 4. The highest BCUT2D eigenvalue weighted by atomic mass is 35.5. The van der Waals surface area contributed by atoms with Crippen LogP contribution < -0.4 is 14.8 Å². The third kappa shape index (κ3) is 6.62. The molecule has 1 atom stereocenters. The van der Waals surface area contributed by atoms with Gasteiger partial charge in [-0.3, -0.25) is 4.79 Å². The standard InChI is InChI=1S/C23H21Cl3N2O4S/c1-2-32-20-12-11-16(24)14-21(20)33(30,31)28-19(13-15-7-4-3-5-8-15)23(29)27-18-10-6-9-17(25)22(18)26/h3-12,14,19,28H,2,13H2,1H3,(H,27,29). The topological polar surface area (TPSA) is 84.5 Å². The zero-order chi connectivity index (χ0) is 24.0. The van der Waals surface area contributed by atoms with E-state index in [0.29, 0.717) is 0 Å². The second-order valence-electron chi connectivity index (χ2n) is 6.98. The Hall–Kier alpha value is -2.29. The third-order valence-corrected chi connectivity index (χ3v) is 7.15. The Balaban J connectivity index is 1.95. The molecule has 0 aliphatic heterocycles. The first kappa shape index (κ1) is 25.3. The van der Waals surface area contributed by atoms with Crippen LogP contribution in [0.5, 0.6) is 5.75 Å². The minimum atomic E-state index is -4.19. The first-order chi connectivity index (χ1) is 15.7. The van der Waals surface area contributed by atoms with Crippen LogP contribution in [-0.4, -0.2) is 27.0 Å². The Morgan fingerprint density at radius 1 is 1.00 bits per heavy atom. The molecule has 0 aliphatic rings. The maximum Gasteiger partial charge on any atom is 0.245 e. The van der Waals surface area contributed by atoms with Crippen LogP contribution in [0.25, 0.3) is 0 Å². The lowest BCUT2D eigenvalue weighted by Gasteiger charge is -2.20. The number of benzene rings is 3. The second-order valence-corrected chi connectivity index (χ2v) is 9.88. The van der Waals surface area contributed by atoms with Gasteiger partial charge in [0.2, 0.25) is 15.9 Å². The van der Waals surface area contributed by atoms with E-state index < -0.39 is 22.0 Å². The van der Waals surface area contributed by atoms with Crippen molar-refractivity contribution in [1.82, 2.24) is 4.72 Å². The number of ether oxygens (including phenoxy) is 1. The Morgan fingerprint density at radius 3 is 2.42 bits per heavy atom. The summed E-state index contributed by atoms with van der Waals surface area (Å²) in [5.41, 5.74) is 1.03. The lowest BCUT2D eigenvalue weighted by atomic mass is 10.1. The fourth-order valence-electron chi connectivity index (χ4n) is 3.08. The van der Waals surface area contributed by atoms with Gasteiger partial charge < -0.3 is 10.1 Å². The van der Waals surface area contributed by atoms with Gasteiger partial charge in [-0.2, -0.15) is 4.72 Å². The predicted octanol–water partition coefficient (Wildman–Crippen LogP) is 5.57. The Bertz CT molecular complexity index is 1240. The van der Waals surface area contributed by atoms with Crippen LogP contribution in [0.4, 0.5) is 5.69 Å². The van der Waals surface area contributed by atoms with Crippen LogP contribution in [0.3, 0.4) is 0 Å². The molecule has 6 nitrogen and oxygen atoms in total.